The van der Waals surface area contributed by atoms with E-state index < -0.39 is 17.0 Å². The molecule has 0 unspecified atom stereocenters. The monoisotopic (exact) mass is 162 g/mol. The topological polar surface area (TPSA) is 63.6 Å². The van der Waals surface area contributed by atoms with E-state index in [1.165, 1.54) is 0 Å². The van der Waals surface area contributed by atoms with Crippen LogP contribution in [0, 0.1) is 12.3 Å². The van der Waals surface area contributed by atoms with Crippen molar-refractivity contribution in [1.29, 1.82) is 0 Å². The molecule has 0 rings (SSSR count). The van der Waals surface area contributed by atoms with Crippen LogP contribution in [-0.2, 0) is 14.6 Å². The Hall–Kier alpha value is 0.196. The molecular formula is C3H6MgO4S. The average molecular weight is 162 g/mol. The molecule has 0 radical (unpaired) electrons. The van der Waals surface area contributed by atoms with E-state index in [0.717, 1.165) is 0 Å². The smallest absolute Gasteiger partial charge is 1.00 e. The van der Waals surface area contributed by atoms with Crippen LogP contribution in [0.5, 0.6) is 0 Å². The first-order valence-corrected chi connectivity index (χ1v) is 2.98. The van der Waals surface area contributed by atoms with Crippen LogP contribution in [0.2, 0.25) is 0 Å². The van der Waals surface area contributed by atoms with Crippen molar-refractivity contribution < 1.29 is 20.0 Å². The first-order valence-electron chi connectivity index (χ1n) is 1.61. The Labute approximate surface area is 72.7 Å². The Kier molecular flexibility index (Phi) is 6.65. The van der Waals surface area contributed by atoms with Crippen molar-refractivity contribution >= 4 is 33.5 Å². The van der Waals surface area contributed by atoms with Crippen molar-refractivity contribution in [3.8, 4) is 12.3 Å². The summed E-state index contributed by atoms with van der Waals surface area (Å²) in [6, 6.07) is 0. The summed E-state index contributed by atoms with van der Waals surface area (Å²) >= 11 is 0. The minimum absolute atomic E-state index is 0. The molecule has 50 valence electrons. The second-order valence-electron chi connectivity index (χ2n) is 0.894. The zero-order valence-electron chi connectivity index (χ0n) is 6.57. The van der Waals surface area contributed by atoms with E-state index in [2.05, 4.69) is 10.6 Å². The molecule has 0 heterocycles. The minimum Gasteiger partial charge on any atom is -1.00 e. The number of rotatable bonds is 2. The van der Waals surface area contributed by atoms with Gasteiger partial charge < -0.3 is 2.85 Å². The van der Waals surface area contributed by atoms with E-state index in [-0.39, 0.29) is 25.9 Å². The molecule has 0 aliphatic carbocycles. The second kappa shape index (κ2) is 5.02. The first-order chi connectivity index (χ1) is 3.56. The van der Waals surface area contributed by atoms with E-state index in [9.17, 15) is 8.42 Å². The zero-order valence-corrected chi connectivity index (χ0v) is 6.80. The molecule has 0 spiro atoms. The molecule has 4 nitrogen and oxygen atoms in total. The van der Waals surface area contributed by atoms with E-state index in [1.807, 2.05) is 5.92 Å². The van der Waals surface area contributed by atoms with Crippen LogP contribution >= 0.6 is 0 Å². The SMILES string of the molecule is C#CCOS(=O)(=O)O.[H-].[H-].[Mg+2]. The predicted molar refractivity (Wildman–Crippen MR) is 34.3 cm³/mol. The molecule has 0 saturated heterocycles. The van der Waals surface area contributed by atoms with Crippen LogP contribution in [-0.4, -0.2) is 42.6 Å². The van der Waals surface area contributed by atoms with Crippen molar-refractivity contribution in [2.24, 2.45) is 0 Å². The maximum absolute atomic E-state index is 9.63. The normalized spacial score (nSPS) is 9.33. The van der Waals surface area contributed by atoms with Gasteiger partial charge in [0.05, 0.1) is 0 Å². The van der Waals surface area contributed by atoms with Crippen LogP contribution in [0.1, 0.15) is 2.85 Å². The fourth-order valence-electron chi connectivity index (χ4n) is 0.108. The van der Waals surface area contributed by atoms with Gasteiger partial charge in [0.15, 0.2) is 0 Å². The molecule has 0 aromatic rings. The molecule has 0 aliphatic heterocycles. The molecule has 1 N–H and O–H groups in total. The van der Waals surface area contributed by atoms with Gasteiger partial charge in [-0.25, -0.2) is 4.18 Å². The van der Waals surface area contributed by atoms with Gasteiger partial charge >= 0.3 is 33.5 Å². The van der Waals surface area contributed by atoms with Gasteiger partial charge in [0.25, 0.3) is 0 Å². The largest absolute Gasteiger partial charge is 2.00 e. The van der Waals surface area contributed by atoms with Crippen molar-refractivity contribution in [3.05, 3.63) is 0 Å². The molecule has 6 heteroatoms. The third-order valence-corrected chi connectivity index (χ3v) is 0.707. The van der Waals surface area contributed by atoms with Crippen LogP contribution in [0.25, 0.3) is 0 Å². The summed E-state index contributed by atoms with van der Waals surface area (Å²) in [7, 11) is -4.33. The summed E-state index contributed by atoms with van der Waals surface area (Å²) in [5.41, 5.74) is 0. The van der Waals surface area contributed by atoms with Crippen molar-refractivity contribution in [3.63, 3.8) is 0 Å². The number of hydrogen-bond donors (Lipinski definition) is 1. The minimum atomic E-state index is -4.33. The molecule has 0 aliphatic rings. The summed E-state index contributed by atoms with van der Waals surface area (Å²) in [4.78, 5) is 0. The Bertz CT molecular complexity index is 196. The summed E-state index contributed by atoms with van der Waals surface area (Å²) in [5, 5.41) is 0. The van der Waals surface area contributed by atoms with Gasteiger partial charge in [-0.15, -0.1) is 6.42 Å². The Morgan fingerprint density at radius 1 is 1.78 bits per heavy atom. The second-order valence-corrected chi connectivity index (χ2v) is 1.99. The summed E-state index contributed by atoms with van der Waals surface area (Å²) in [5.74, 6) is 1.86. The maximum atomic E-state index is 9.63. The molecule has 0 aromatic heterocycles. The molecule has 0 aromatic carbocycles. The van der Waals surface area contributed by atoms with Gasteiger partial charge in [0, 0.05) is 0 Å². The van der Waals surface area contributed by atoms with E-state index >= 15 is 0 Å². The van der Waals surface area contributed by atoms with E-state index in [4.69, 9.17) is 4.55 Å². The van der Waals surface area contributed by atoms with Crippen molar-refractivity contribution in [2.45, 2.75) is 0 Å². The standard InChI is InChI=1S/C3H4O4S.Mg.2H/c1-2-3-7-8(4,5)6;;;/h1H,3H2,(H,4,5,6);;;/q;+2;2*-1. The van der Waals surface area contributed by atoms with Gasteiger partial charge in [0.2, 0.25) is 0 Å². The van der Waals surface area contributed by atoms with Gasteiger partial charge in [-0.3, -0.25) is 4.55 Å². The summed E-state index contributed by atoms with van der Waals surface area (Å²) < 4.78 is 30.7. The van der Waals surface area contributed by atoms with Crippen LogP contribution < -0.4 is 0 Å². The predicted octanol–water partition coefficient (Wildman–Crippen LogP) is -0.717. The summed E-state index contributed by atoms with van der Waals surface area (Å²) in [6.45, 7) is -0.432. The summed E-state index contributed by atoms with van der Waals surface area (Å²) in [6.07, 6.45) is 4.59. The van der Waals surface area contributed by atoms with Gasteiger partial charge in [-0.2, -0.15) is 8.42 Å². The average Bonchev–Trinajstić information content (AvgIpc) is 1.59. The Morgan fingerprint density at radius 2 is 2.22 bits per heavy atom. The molecule has 0 atom stereocenters. The number of terminal acetylenes is 1. The van der Waals surface area contributed by atoms with Crippen LogP contribution in [0.3, 0.4) is 0 Å². The van der Waals surface area contributed by atoms with Gasteiger partial charge in [0.1, 0.15) is 6.61 Å². The molecule has 0 amide bonds. The molecule has 0 saturated carbocycles. The molecule has 0 bridgehead atoms. The van der Waals surface area contributed by atoms with E-state index in [0.29, 0.717) is 0 Å². The quantitative estimate of drug-likeness (QED) is 0.331. The fourth-order valence-corrected chi connectivity index (χ4v) is 0.325. The third kappa shape index (κ3) is 11.7. The molecule has 0 fully saturated rings. The Morgan fingerprint density at radius 3 is 2.33 bits per heavy atom. The van der Waals surface area contributed by atoms with Crippen molar-refractivity contribution in [2.75, 3.05) is 6.61 Å². The Balaban J connectivity index is -0.0000000817. The van der Waals surface area contributed by atoms with Gasteiger partial charge in [-0.05, 0) is 0 Å². The zero-order chi connectivity index (χ0) is 6.62. The van der Waals surface area contributed by atoms with E-state index in [1.54, 1.807) is 0 Å². The van der Waals surface area contributed by atoms with Crippen LogP contribution in [0.4, 0.5) is 0 Å². The van der Waals surface area contributed by atoms with Gasteiger partial charge in [-0.1, -0.05) is 5.92 Å². The molecular weight excluding hydrogens is 156 g/mol. The molecule has 9 heavy (non-hydrogen) atoms. The number of hydrogen-bond acceptors (Lipinski definition) is 3. The third-order valence-electron chi connectivity index (χ3n) is 0.291. The fraction of sp³-hybridized carbons (Fsp3) is 0.333. The first kappa shape index (κ1) is 11.9. The van der Waals surface area contributed by atoms with Crippen molar-refractivity contribution in [1.82, 2.24) is 0 Å². The maximum Gasteiger partial charge on any atom is 2.00 e. The van der Waals surface area contributed by atoms with Crippen LogP contribution in [0.15, 0.2) is 0 Å².